The van der Waals surface area contributed by atoms with E-state index in [0.717, 1.165) is 12.0 Å². The van der Waals surface area contributed by atoms with E-state index in [9.17, 15) is 0 Å². The van der Waals surface area contributed by atoms with Gasteiger partial charge in [0.05, 0.1) is 0 Å². The first kappa shape index (κ1) is 8.34. The van der Waals surface area contributed by atoms with E-state index < -0.39 is 0 Å². The Labute approximate surface area is 85.7 Å². The van der Waals surface area contributed by atoms with E-state index in [0.29, 0.717) is 0 Å². The van der Waals surface area contributed by atoms with E-state index in [2.05, 4.69) is 36.1 Å². The number of hydrogen-bond acceptors (Lipinski definition) is 1. The average molecular weight is 187 g/mol. The van der Waals surface area contributed by atoms with Crippen LogP contribution in [0.1, 0.15) is 24.8 Å². The molecule has 1 aliphatic carbocycles. The quantitative estimate of drug-likeness (QED) is 0.653. The first-order valence-corrected chi connectivity index (χ1v) is 5.66. The molecule has 0 aromatic heterocycles. The number of hydrogen-bond donors (Lipinski definition) is 0. The summed E-state index contributed by atoms with van der Waals surface area (Å²) in [7, 11) is 0. The first-order valence-electron chi connectivity index (χ1n) is 5.66. The number of fused-ring (bicyclic) bond motifs is 2. The lowest BCUT2D eigenvalue weighted by molar-refractivity contribution is 0.553. The zero-order chi connectivity index (χ0) is 9.54. The molecule has 2 bridgehead atoms. The van der Waals surface area contributed by atoms with Crippen molar-refractivity contribution < 1.29 is 0 Å². The first-order chi connectivity index (χ1) is 6.83. The summed E-state index contributed by atoms with van der Waals surface area (Å²) in [6.45, 7) is 3.45. The fourth-order valence-electron chi connectivity index (χ4n) is 2.98. The molecule has 2 aliphatic rings. The van der Waals surface area contributed by atoms with Gasteiger partial charge in [-0.1, -0.05) is 17.7 Å². The molecule has 2 fully saturated rings. The lowest BCUT2D eigenvalue weighted by atomic mass is 10.1. The van der Waals surface area contributed by atoms with Crippen molar-refractivity contribution in [2.24, 2.45) is 5.92 Å². The highest BCUT2D eigenvalue weighted by atomic mass is 15.2. The summed E-state index contributed by atoms with van der Waals surface area (Å²) in [5, 5.41) is 0. The molecule has 1 heterocycles. The topological polar surface area (TPSA) is 3.24 Å². The molecule has 1 saturated heterocycles. The fourth-order valence-corrected chi connectivity index (χ4v) is 2.98. The minimum atomic E-state index is 0.850. The number of aryl methyl sites for hydroxylation is 1. The van der Waals surface area contributed by atoms with E-state index in [1.165, 1.54) is 37.1 Å². The van der Waals surface area contributed by atoms with Crippen LogP contribution in [0.25, 0.3) is 0 Å². The molecule has 0 radical (unpaired) electrons. The molecular formula is C13H17N. The fraction of sp³-hybridized carbons (Fsp3) is 0.538. The third-order valence-corrected chi connectivity index (χ3v) is 3.77. The highest BCUT2D eigenvalue weighted by Crippen LogP contribution is 2.39. The lowest BCUT2D eigenvalue weighted by Crippen LogP contribution is -2.31. The largest absolute Gasteiger partial charge is 0.368 e. The van der Waals surface area contributed by atoms with Crippen LogP contribution in [0.4, 0.5) is 5.69 Å². The van der Waals surface area contributed by atoms with E-state index >= 15 is 0 Å². The molecular weight excluding hydrogens is 170 g/mol. The maximum Gasteiger partial charge on any atom is 0.0368 e. The summed E-state index contributed by atoms with van der Waals surface area (Å²) < 4.78 is 0. The Balaban J connectivity index is 1.86. The van der Waals surface area contributed by atoms with Crippen molar-refractivity contribution in [2.75, 3.05) is 11.4 Å². The minimum absolute atomic E-state index is 0.850. The smallest absolute Gasteiger partial charge is 0.0368 e. The Morgan fingerprint density at radius 1 is 1.14 bits per heavy atom. The number of nitrogens with zero attached hydrogens (tertiary/aromatic N) is 1. The highest BCUT2D eigenvalue weighted by Gasteiger charge is 2.37. The van der Waals surface area contributed by atoms with E-state index in [4.69, 9.17) is 0 Å². The standard InChI is InChI=1S/C13H17N/c1-10-2-5-12(6-3-10)14-9-11-4-7-13(14)8-11/h2-3,5-6,11,13H,4,7-9H2,1H3. The molecule has 2 atom stereocenters. The van der Waals surface area contributed by atoms with E-state index in [1.54, 1.807) is 0 Å². The van der Waals surface area contributed by atoms with Crippen molar-refractivity contribution in [1.29, 1.82) is 0 Å². The maximum atomic E-state index is 2.60. The Kier molecular flexibility index (Phi) is 1.79. The van der Waals surface area contributed by atoms with Gasteiger partial charge in [-0.2, -0.15) is 0 Å². The molecule has 3 rings (SSSR count). The molecule has 1 aromatic carbocycles. The Hall–Kier alpha value is -0.980. The highest BCUT2D eigenvalue weighted by molar-refractivity contribution is 5.50. The zero-order valence-electron chi connectivity index (χ0n) is 8.74. The summed E-state index contributed by atoms with van der Waals surface area (Å²) in [5.41, 5.74) is 2.79. The Morgan fingerprint density at radius 2 is 1.93 bits per heavy atom. The van der Waals surface area contributed by atoms with Gasteiger partial charge in [-0.15, -0.1) is 0 Å². The summed E-state index contributed by atoms with van der Waals surface area (Å²) in [5.74, 6) is 0.987. The van der Waals surface area contributed by atoms with Gasteiger partial charge in [0.1, 0.15) is 0 Å². The second-order valence-electron chi connectivity index (χ2n) is 4.82. The molecule has 74 valence electrons. The molecule has 1 heteroatoms. The second kappa shape index (κ2) is 3.01. The van der Waals surface area contributed by atoms with Crippen molar-refractivity contribution in [3.05, 3.63) is 29.8 Å². The van der Waals surface area contributed by atoms with Crippen molar-refractivity contribution in [3.63, 3.8) is 0 Å². The molecule has 14 heavy (non-hydrogen) atoms. The predicted molar refractivity (Wildman–Crippen MR) is 59.7 cm³/mol. The third-order valence-electron chi connectivity index (χ3n) is 3.77. The van der Waals surface area contributed by atoms with Crippen LogP contribution in [-0.4, -0.2) is 12.6 Å². The van der Waals surface area contributed by atoms with Gasteiger partial charge in [0.15, 0.2) is 0 Å². The molecule has 1 saturated carbocycles. The molecule has 2 unspecified atom stereocenters. The number of benzene rings is 1. The Morgan fingerprint density at radius 3 is 2.50 bits per heavy atom. The van der Waals surface area contributed by atoms with Crippen LogP contribution in [-0.2, 0) is 0 Å². The summed E-state index contributed by atoms with van der Waals surface area (Å²) >= 11 is 0. The Bertz CT molecular complexity index is 328. The lowest BCUT2D eigenvalue weighted by Gasteiger charge is -2.29. The summed E-state index contributed by atoms with van der Waals surface area (Å²) in [6.07, 6.45) is 4.32. The van der Waals surface area contributed by atoms with Crippen molar-refractivity contribution in [1.82, 2.24) is 0 Å². The molecule has 0 spiro atoms. The molecule has 1 nitrogen and oxygen atoms in total. The SMILES string of the molecule is Cc1ccc(N2CC3CCC2C3)cc1. The third kappa shape index (κ3) is 1.23. The zero-order valence-corrected chi connectivity index (χ0v) is 8.74. The van der Waals surface area contributed by atoms with E-state index in [-0.39, 0.29) is 0 Å². The van der Waals surface area contributed by atoms with Gasteiger partial charge in [-0.3, -0.25) is 0 Å². The van der Waals surface area contributed by atoms with Crippen LogP contribution in [0.15, 0.2) is 24.3 Å². The van der Waals surface area contributed by atoms with Gasteiger partial charge in [-0.05, 0) is 44.2 Å². The van der Waals surface area contributed by atoms with Crippen LogP contribution in [0, 0.1) is 12.8 Å². The van der Waals surface area contributed by atoms with Crippen molar-refractivity contribution in [2.45, 2.75) is 32.2 Å². The van der Waals surface area contributed by atoms with Gasteiger partial charge < -0.3 is 4.90 Å². The van der Waals surface area contributed by atoms with Gasteiger partial charge in [-0.25, -0.2) is 0 Å². The molecule has 0 amide bonds. The van der Waals surface area contributed by atoms with Crippen LogP contribution in [0.2, 0.25) is 0 Å². The minimum Gasteiger partial charge on any atom is -0.368 e. The molecule has 0 N–H and O–H groups in total. The van der Waals surface area contributed by atoms with E-state index in [1.807, 2.05) is 0 Å². The van der Waals surface area contributed by atoms with Gasteiger partial charge in [0.25, 0.3) is 0 Å². The van der Waals surface area contributed by atoms with Crippen LogP contribution < -0.4 is 4.90 Å². The second-order valence-corrected chi connectivity index (χ2v) is 4.82. The molecule has 1 aliphatic heterocycles. The number of piperidine rings is 1. The maximum absolute atomic E-state index is 2.60. The van der Waals surface area contributed by atoms with Crippen LogP contribution >= 0.6 is 0 Å². The summed E-state index contributed by atoms with van der Waals surface area (Å²) in [6, 6.07) is 9.84. The predicted octanol–water partition coefficient (Wildman–Crippen LogP) is 2.98. The van der Waals surface area contributed by atoms with Gasteiger partial charge >= 0.3 is 0 Å². The monoisotopic (exact) mass is 187 g/mol. The number of rotatable bonds is 1. The normalized spacial score (nSPS) is 29.9. The van der Waals surface area contributed by atoms with Gasteiger partial charge in [0.2, 0.25) is 0 Å². The molecule has 1 aromatic rings. The van der Waals surface area contributed by atoms with Crippen molar-refractivity contribution in [3.8, 4) is 0 Å². The average Bonchev–Trinajstić information content (AvgIpc) is 2.80. The van der Waals surface area contributed by atoms with Crippen LogP contribution in [0.5, 0.6) is 0 Å². The van der Waals surface area contributed by atoms with Crippen LogP contribution in [0.3, 0.4) is 0 Å². The number of anilines is 1. The summed E-state index contributed by atoms with van der Waals surface area (Å²) in [4.78, 5) is 2.60. The van der Waals surface area contributed by atoms with Crippen molar-refractivity contribution >= 4 is 5.69 Å². The van der Waals surface area contributed by atoms with Gasteiger partial charge in [0, 0.05) is 18.3 Å².